The van der Waals surface area contributed by atoms with E-state index in [1.54, 1.807) is 0 Å². The molecule has 7 aromatic carbocycles. The Balaban J connectivity index is 1.29. The molecule has 0 atom stereocenters. The Morgan fingerprint density at radius 1 is 0.607 bits per heavy atom. The summed E-state index contributed by atoms with van der Waals surface area (Å²) in [5.74, 6) is 0. The predicted octanol–water partition coefficient (Wildman–Crippen LogP) is 11.2. The molecule has 4 aliphatic rings. The quantitative estimate of drug-likeness (QED) is 0.156. The molecule has 56 heavy (non-hydrogen) atoms. The lowest BCUT2D eigenvalue weighted by Crippen LogP contribution is -2.68. The number of anilines is 5. The second kappa shape index (κ2) is 10.7. The summed E-state index contributed by atoms with van der Waals surface area (Å²) in [6, 6.07) is 46.4. The average molecular weight is 741 g/mol. The van der Waals surface area contributed by atoms with E-state index in [9.17, 15) is 0 Å². The molecule has 4 heterocycles. The van der Waals surface area contributed by atoms with Crippen molar-refractivity contribution in [3.63, 3.8) is 0 Å². The molecular weight excluding hydrogens is 695 g/mol. The summed E-state index contributed by atoms with van der Waals surface area (Å²) >= 11 is 0. The molecule has 8 aromatic rings. The van der Waals surface area contributed by atoms with Gasteiger partial charge < -0.3 is 14.1 Å². The van der Waals surface area contributed by atoms with Gasteiger partial charge in [0.05, 0.1) is 0 Å². The van der Waals surface area contributed by atoms with Gasteiger partial charge in [0.15, 0.2) is 0 Å². The Morgan fingerprint density at radius 2 is 1.30 bits per heavy atom. The van der Waals surface area contributed by atoms with Crippen LogP contribution >= 0.6 is 0 Å². The minimum absolute atomic E-state index is 0.0729. The summed E-state index contributed by atoms with van der Waals surface area (Å²) in [5, 5.41) is 7.92. The summed E-state index contributed by atoms with van der Waals surface area (Å²) in [6.45, 7) is 17.1. The fourth-order valence-corrected chi connectivity index (χ4v) is 14.4. The van der Waals surface area contributed by atoms with E-state index in [2.05, 4.69) is 179 Å². The summed E-state index contributed by atoms with van der Waals surface area (Å²) < 4.78 is 7.13. The zero-order chi connectivity index (χ0) is 38.0. The fourth-order valence-electron chi connectivity index (χ4n) is 11.4. The van der Waals surface area contributed by atoms with Crippen molar-refractivity contribution in [3.05, 3.63) is 138 Å². The Hall–Kier alpha value is -5.52. The van der Waals surface area contributed by atoms with Gasteiger partial charge in [0.25, 0.3) is 0 Å². The third kappa shape index (κ3) is 3.99. The van der Waals surface area contributed by atoms with Crippen molar-refractivity contribution in [1.82, 2.24) is 0 Å². The van der Waals surface area contributed by atoms with E-state index < -0.39 is 8.07 Å². The van der Waals surface area contributed by atoms with E-state index in [1.165, 1.54) is 112 Å². The zero-order valence-electron chi connectivity index (χ0n) is 33.3. The number of aryl methyl sites for hydroxylation is 1. The molecule has 0 saturated heterocycles. The van der Waals surface area contributed by atoms with Gasteiger partial charge >= 0.3 is 6.85 Å². The topological polar surface area (TPSA) is 19.6 Å². The first kappa shape index (κ1) is 32.7. The molecule has 3 aliphatic heterocycles. The van der Waals surface area contributed by atoms with Crippen LogP contribution in [0.15, 0.2) is 126 Å². The Morgan fingerprint density at radius 3 is 2.12 bits per heavy atom. The molecule has 0 radical (unpaired) electrons. The van der Waals surface area contributed by atoms with Crippen LogP contribution in [0.4, 0.5) is 28.4 Å². The smallest absolute Gasteiger partial charge is 0.336 e. The van der Waals surface area contributed by atoms with E-state index in [0.717, 1.165) is 11.2 Å². The molecule has 12 rings (SSSR count). The van der Waals surface area contributed by atoms with Crippen molar-refractivity contribution >= 4 is 97.4 Å². The molecule has 1 aliphatic carbocycles. The molecule has 0 unspecified atom stereocenters. The number of hydrogen-bond donors (Lipinski definition) is 0. The van der Waals surface area contributed by atoms with Gasteiger partial charge in [-0.05, 0) is 116 Å². The second-order valence-corrected chi connectivity index (χ2v) is 23.1. The number of hydrogen-bond acceptors (Lipinski definition) is 3. The molecule has 0 bridgehead atoms. The highest BCUT2D eigenvalue weighted by Gasteiger charge is 2.52. The highest BCUT2D eigenvalue weighted by Crippen LogP contribution is 2.53. The Bertz CT molecular complexity index is 3060. The molecule has 0 N–H and O–H groups in total. The van der Waals surface area contributed by atoms with Gasteiger partial charge in [0, 0.05) is 50.2 Å². The maximum atomic E-state index is 7.13. The predicted molar refractivity (Wildman–Crippen MR) is 242 cm³/mol. The molecular formula is C51H45BN2OSi. The number of benzene rings is 7. The molecule has 3 nitrogen and oxygen atoms in total. The van der Waals surface area contributed by atoms with Crippen LogP contribution in [-0.2, 0) is 10.8 Å². The Labute approximate surface area is 330 Å². The lowest BCUT2D eigenvalue weighted by molar-refractivity contribution is 0.332. The average Bonchev–Trinajstić information content (AvgIpc) is 3.58. The monoisotopic (exact) mass is 740 g/mol. The van der Waals surface area contributed by atoms with Gasteiger partial charge in [-0.15, -0.1) is 0 Å². The van der Waals surface area contributed by atoms with E-state index in [-0.39, 0.29) is 17.7 Å². The second-order valence-electron chi connectivity index (χ2n) is 18.8. The third-order valence-corrected chi connectivity index (χ3v) is 17.9. The van der Waals surface area contributed by atoms with Gasteiger partial charge in [-0.1, -0.05) is 126 Å². The minimum Gasteiger partial charge on any atom is -0.456 e. The summed E-state index contributed by atoms with van der Waals surface area (Å²) in [4.78, 5) is 5.35. The number of para-hydroxylation sites is 3. The summed E-state index contributed by atoms with van der Waals surface area (Å²) in [7, 11) is -2.07. The zero-order valence-corrected chi connectivity index (χ0v) is 34.3. The van der Waals surface area contributed by atoms with Gasteiger partial charge in [0.2, 0.25) is 0 Å². The number of rotatable bonds is 1. The van der Waals surface area contributed by atoms with Gasteiger partial charge in [-0.3, -0.25) is 0 Å². The van der Waals surface area contributed by atoms with Gasteiger partial charge in [0.1, 0.15) is 19.2 Å². The number of furan rings is 1. The first-order chi connectivity index (χ1) is 27.0. The van der Waals surface area contributed by atoms with Crippen molar-refractivity contribution in [2.24, 2.45) is 0 Å². The normalized spacial score (nSPS) is 17.7. The lowest BCUT2D eigenvalue weighted by Gasteiger charge is -2.51. The molecule has 5 heteroatoms. The first-order valence-corrected chi connectivity index (χ1v) is 23.4. The number of nitrogens with zero attached hydrogens (tertiary/aromatic N) is 2. The standard InChI is InChI=1S/C51H45BN2OSi/c1-30-27-36-37(51(4,5)26-25-50(36,2)3)29-40(30)53-39-24-23-34-33-17-10-12-20-42(33)55-49(34)47(39)52-46-41(53)28-31-15-8-9-16-32(31)45(46)35-18-14-22-44-48(35)54(52)38-19-11-13-21-43(38)56(44,6)7/h8-24,27-29H,25-26H2,1-7H3. The highest BCUT2D eigenvalue weighted by molar-refractivity contribution is 7.05. The van der Waals surface area contributed by atoms with Crippen LogP contribution in [0.2, 0.25) is 13.1 Å². The SMILES string of the molecule is Cc1cc2c(cc1N1c3cc4ccccc4c4c3B(c3c1ccc1c3oc3ccccc31)N1c3ccccc3[Si](C)(C)c3cccc-4c31)C(C)(C)CCC2(C)C. The molecule has 0 amide bonds. The molecule has 272 valence electrons. The van der Waals surface area contributed by atoms with Crippen molar-refractivity contribution in [2.45, 2.75) is 71.4 Å². The van der Waals surface area contributed by atoms with E-state index in [0.29, 0.717) is 0 Å². The maximum absolute atomic E-state index is 7.13. The summed E-state index contributed by atoms with van der Waals surface area (Å²) in [6.07, 6.45) is 2.37. The van der Waals surface area contributed by atoms with Crippen LogP contribution in [0.25, 0.3) is 43.8 Å². The van der Waals surface area contributed by atoms with Crippen LogP contribution in [0.3, 0.4) is 0 Å². The van der Waals surface area contributed by atoms with E-state index >= 15 is 0 Å². The van der Waals surface area contributed by atoms with Crippen LogP contribution in [0.1, 0.15) is 57.2 Å². The van der Waals surface area contributed by atoms with Crippen molar-refractivity contribution < 1.29 is 4.42 Å². The van der Waals surface area contributed by atoms with Gasteiger partial charge in [-0.2, -0.15) is 0 Å². The minimum atomic E-state index is -2.07. The van der Waals surface area contributed by atoms with Crippen LogP contribution in [-0.4, -0.2) is 14.9 Å². The fraction of sp³-hybridized carbons (Fsp3) is 0.216. The lowest BCUT2D eigenvalue weighted by atomic mass is 9.43. The largest absolute Gasteiger partial charge is 0.456 e. The molecule has 0 fully saturated rings. The van der Waals surface area contributed by atoms with Crippen LogP contribution in [0, 0.1) is 6.92 Å². The first-order valence-electron chi connectivity index (χ1n) is 20.4. The maximum Gasteiger partial charge on any atom is 0.336 e. The van der Waals surface area contributed by atoms with Crippen LogP contribution in [0.5, 0.6) is 0 Å². The molecule has 1 aromatic heterocycles. The van der Waals surface area contributed by atoms with Crippen LogP contribution < -0.4 is 31.0 Å². The highest BCUT2D eigenvalue weighted by atomic mass is 28.3. The third-order valence-electron chi connectivity index (χ3n) is 14.4. The van der Waals surface area contributed by atoms with Gasteiger partial charge in [-0.25, -0.2) is 0 Å². The summed E-state index contributed by atoms with van der Waals surface area (Å²) in [5.41, 5.74) is 18.1. The number of fused-ring (bicyclic) bond motifs is 13. The van der Waals surface area contributed by atoms with Crippen molar-refractivity contribution in [1.29, 1.82) is 0 Å². The van der Waals surface area contributed by atoms with Crippen molar-refractivity contribution in [2.75, 3.05) is 9.71 Å². The molecule has 0 saturated carbocycles. The van der Waals surface area contributed by atoms with E-state index in [1.807, 2.05) is 0 Å². The Kier molecular flexibility index (Phi) is 6.22. The van der Waals surface area contributed by atoms with Crippen molar-refractivity contribution in [3.8, 4) is 11.1 Å². The molecule has 0 spiro atoms. The van der Waals surface area contributed by atoms with E-state index in [4.69, 9.17) is 4.42 Å².